The molecule has 0 aliphatic rings. The Morgan fingerprint density at radius 2 is 1.44 bits per heavy atom. The van der Waals surface area contributed by atoms with E-state index in [0.29, 0.717) is 5.56 Å². The molecule has 3 rings (SSSR count). The third-order valence-electron chi connectivity index (χ3n) is 3.84. The molecule has 4 nitrogen and oxygen atoms in total. The van der Waals surface area contributed by atoms with Crippen molar-refractivity contribution in [3.05, 3.63) is 108 Å². The molecule has 0 unspecified atom stereocenters. The summed E-state index contributed by atoms with van der Waals surface area (Å²) < 4.78 is 5.22. The van der Waals surface area contributed by atoms with Crippen molar-refractivity contribution in [2.45, 2.75) is 6.61 Å². The molecule has 0 saturated heterocycles. The van der Waals surface area contributed by atoms with Crippen LogP contribution in [0.15, 0.2) is 91.0 Å². The first-order valence-corrected chi connectivity index (χ1v) is 8.56. The molecule has 0 atom stereocenters. The Bertz CT molecular complexity index is 917. The van der Waals surface area contributed by atoms with Gasteiger partial charge < -0.3 is 10.1 Å². The lowest BCUT2D eigenvalue weighted by molar-refractivity contribution is -0.138. The van der Waals surface area contributed by atoms with Crippen LogP contribution in [0.1, 0.15) is 21.5 Å². The molecule has 0 bridgehead atoms. The summed E-state index contributed by atoms with van der Waals surface area (Å²) in [5, 5.41) is 2.83. The molecule has 3 aromatic carbocycles. The topological polar surface area (TPSA) is 55.4 Å². The third-order valence-corrected chi connectivity index (χ3v) is 3.84. The van der Waals surface area contributed by atoms with Crippen molar-refractivity contribution in [1.82, 2.24) is 0 Å². The highest BCUT2D eigenvalue weighted by molar-refractivity contribution is 6.04. The molecule has 0 saturated carbocycles. The molecule has 0 radical (unpaired) electrons. The summed E-state index contributed by atoms with van der Waals surface area (Å²) in [5.41, 5.74) is 3.03. The molecule has 1 amide bonds. The quantitative estimate of drug-likeness (QED) is 0.514. The maximum absolute atomic E-state index is 12.2. The van der Waals surface area contributed by atoms with Crippen LogP contribution in [-0.4, -0.2) is 11.9 Å². The van der Waals surface area contributed by atoms with Gasteiger partial charge in [0.25, 0.3) is 5.91 Å². The van der Waals surface area contributed by atoms with Gasteiger partial charge in [-0.15, -0.1) is 0 Å². The zero-order chi connectivity index (χ0) is 18.9. The van der Waals surface area contributed by atoms with E-state index >= 15 is 0 Å². The predicted molar refractivity (Wildman–Crippen MR) is 106 cm³/mol. The first-order chi connectivity index (χ1) is 13.2. The van der Waals surface area contributed by atoms with Crippen molar-refractivity contribution >= 4 is 23.6 Å². The fourth-order valence-corrected chi connectivity index (χ4v) is 2.41. The largest absolute Gasteiger partial charge is 0.458 e. The summed E-state index contributed by atoms with van der Waals surface area (Å²) in [6, 6.07) is 25.8. The SMILES string of the molecule is O=C(/C=C/c1ccccc1)OCc1ccc(C(=O)Nc2ccccc2)cc1. The van der Waals surface area contributed by atoms with Crippen molar-refractivity contribution in [3.63, 3.8) is 0 Å². The lowest BCUT2D eigenvalue weighted by Crippen LogP contribution is -2.11. The Balaban J connectivity index is 1.51. The van der Waals surface area contributed by atoms with Gasteiger partial charge in [-0.2, -0.15) is 0 Å². The molecule has 3 aromatic rings. The highest BCUT2D eigenvalue weighted by atomic mass is 16.5. The normalized spacial score (nSPS) is 10.5. The van der Waals surface area contributed by atoms with E-state index in [4.69, 9.17) is 4.74 Å². The van der Waals surface area contributed by atoms with Gasteiger partial charge in [-0.25, -0.2) is 4.79 Å². The summed E-state index contributed by atoms with van der Waals surface area (Å²) >= 11 is 0. The minimum Gasteiger partial charge on any atom is -0.458 e. The zero-order valence-electron chi connectivity index (χ0n) is 14.7. The van der Waals surface area contributed by atoms with E-state index in [1.54, 1.807) is 30.3 Å². The van der Waals surface area contributed by atoms with Crippen molar-refractivity contribution in [3.8, 4) is 0 Å². The number of anilines is 1. The number of nitrogens with one attached hydrogen (secondary N) is 1. The number of ether oxygens (including phenoxy) is 1. The Morgan fingerprint density at radius 3 is 2.11 bits per heavy atom. The number of benzene rings is 3. The third kappa shape index (κ3) is 5.68. The number of rotatable bonds is 6. The van der Waals surface area contributed by atoms with E-state index in [-0.39, 0.29) is 12.5 Å². The molecule has 0 spiro atoms. The Kier molecular flexibility index (Phi) is 6.15. The summed E-state index contributed by atoms with van der Waals surface area (Å²) in [4.78, 5) is 24.0. The molecule has 0 aromatic heterocycles. The Morgan fingerprint density at radius 1 is 0.815 bits per heavy atom. The molecule has 27 heavy (non-hydrogen) atoms. The smallest absolute Gasteiger partial charge is 0.331 e. The molecule has 0 aliphatic carbocycles. The van der Waals surface area contributed by atoms with Gasteiger partial charge in [0.15, 0.2) is 0 Å². The maximum Gasteiger partial charge on any atom is 0.331 e. The number of hydrogen-bond acceptors (Lipinski definition) is 3. The second kappa shape index (κ2) is 9.15. The van der Waals surface area contributed by atoms with E-state index in [1.165, 1.54) is 6.08 Å². The number of esters is 1. The lowest BCUT2D eigenvalue weighted by Gasteiger charge is -2.06. The average molecular weight is 357 g/mol. The molecule has 4 heteroatoms. The van der Waals surface area contributed by atoms with Crippen LogP contribution in [0.3, 0.4) is 0 Å². The average Bonchev–Trinajstić information content (AvgIpc) is 2.72. The van der Waals surface area contributed by atoms with E-state index < -0.39 is 5.97 Å². The van der Waals surface area contributed by atoms with Gasteiger partial charge in [0.05, 0.1) is 0 Å². The van der Waals surface area contributed by atoms with Crippen molar-refractivity contribution < 1.29 is 14.3 Å². The summed E-state index contributed by atoms with van der Waals surface area (Å²) in [6.07, 6.45) is 3.11. The number of para-hydroxylation sites is 1. The van der Waals surface area contributed by atoms with E-state index in [0.717, 1.165) is 16.8 Å². The molecule has 134 valence electrons. The fraction of sp³-hybridized carbons (Fsp3) is 0.0435. The van der Waals surface area contributed by atoms with Gasteiger partial charge in [0, 0.05) is 17.3 Å². The van der Waals surface area contributed by atoms with Crippen molar-refractivity contribution in [2.24, 2.45) is 0 Å². The summed E-state index contributed by atoms with van der Waals surface area (Å²) in [5.74, 6) is -0.597. The zero-order valence-corrected chi connectivity index (χ0v) is 14.7. The Labute approximate surface area is 158 Å². The van der Waals surface area contributed by atoms with Gasteiger partial charge in [-0.1, -0.05) is 60.7 Å². The van der Waals surface area contributed by atoms with Crippen molar-refractivity contribution in [1.29, 1.82) is 0 Å². The van der Waals surface area contributed by atoms with Crippen LogP contribution in [0.2, 0.25) is 0 Å². The van der Waals surface area contributed by atoms with Crippen molar-refractivity contribution in [2.75, 3.05) is 5.32 Å². The summed E-state index contributed by atoms with van der Waals surface area (Å²) in [6.45, 7) is 0.151. The molecule has 0 aliphatic heterocycles. The molecular formula is C23H19NO3. The standard InChI is InChI=1S/C23H19NO3/c25-22(16-13-18-7-3-1-4-8-18)27-17-19-11-14-20(15-12-19)23(26)24-21-9-5-2-6-10-21/h1-16H,17H2,(H,24,26)/b16-13+. The number of carbonyl (C=O) groups is 2. The van der Waals surface area contributed by atoms with E-state index in [2.05, 4.69) is 5.32 Å². The van der Waals surface area contributed by atoms with Gasteiger partial charge in [0.2, 0.25) is 0 Å². The van der Waals surface area contributed by atoms with E-state index in [9.17, 15) is 9.59 Å². The second-order valence-corrected chi connectivity index (χ2v) is 5.87. The van der Waals surface area contributed by atoms with Gasteiger partial charge >= 0.3 is 5.97 Å². The number of amides is 1. The van der Waals surface area contributed by atoms with Gasteiger partial charge in [0.1, 0.15) is 6.61 Å². The first-order valence-electron chi connectivity index (χ1n) is 8.56. The molecular weight excluding hydrogens is 338 g/mol. The highest BCUT2D eigenvalue weighted by Crippen LogP contribution is 2.11. The lowest BCUT2D eigenvalue weighted by atomic mass is 10.1. The van der Waals surface area contributed by atoms with Crippen LogP contribution in [0.25, 0.3) is 6.08 Å². The highest BCUT2D eigenvalue weighted by Gasteiger charge is 2.06. The molecule has 0 fully saturated rings. The number of hydrogen-bond donors (Lipinski definition) is 1. The number of carbonyl (C=O) groups excluding carboxylic acids is 2. The van der Waals surface area contributed by atoms with Crippen LogP contribution in [0, 0.1) is 0 Å². The second-order valence-electron chi connectivity index (χ2n) is 5.87. The molecule has 1 N–H and O–H groups in total. The minimum atomic E-state index is -0.412. The fourth-order valence-electron chi connectivity index (χ4n) is 2.41. The van der Waals surface area contributed by atoms with Gasteiger partial charge in [-0.05, 0) is 41.5 Å². The van der Waals surface area contributed by atoms with Crippen LogP contribution in [0.5, 0.6) is 0 Å². The van der Waals surface area contributed by atoms with Gasteiger partial charge in [-0.3, -0.25) is 4.79 Å². The van der Waals surface area contributed by atoms with E-state index in [1.807, 2.05) is 60.7 Å². The first kappa shape index (κ1) is 18.1. The monoisotopic (exact) mass is 357 g/mol. The Hall–Kier alpha value is -3.66. The molecule has 0 heterocycles. The minimum absolute atomic E-state index is 0.151. The predicted octanol–water partition coefficient (Wildman–Crippen LogP) is 4.70. The van der Waals surface area contributed by atoms with Crippen LogP contribution in [0.4, 0.5) is 5.69 Å². The van der Waals surface area contributed by atoms with Crippen LogP contribution in [-0.2, 0) is 16.1 Å². The maximum atomic E-state index is 12.2. The van der Waals surface area contributed by atoms with Crippen LogP contribution >= 0.6 is 0 Å². The summed E-state index contributed by atoms with van der Waals surface area (Å²) in [7, 11) is 0. The van der Waals surface area contributed by atoms with Crippen LogP contribution < -0.4 is 5.32 Å².